The van der Waals surface area contributed by atoms with Crippen molar-refractivity contribution in [2.75, 3.05) is 24.5 Å². The molecule has 7 nitrogen and oxygen atoms in total. The van der Waals surface area contributed by atoms with Gasteiger partial charge >= 0.3 is 0 Å². The van der Waals surface area contributed by atoms with Crippen LogP contribution >= 0.6 is 24.0 Å². The minimum atomic E-state index is 0. The zero-order chi connectivity index (χ0) is 19.3. The fourth-order valence-corrected chi connectivity index (χ4v) is 3.74. The largest absolute Gasteiger partial charge is 0.364 e. The number of halogens is 1. The van der Waals surface area contributed by atoms with Crippen LogP contribution in [0.15, 0.2) is 41.4 Å². The molecule has 8 heteroatoms. The van der Waals surface area contributed by atoms with Crippen LogP contribution in [0.25, 0.3) is 0 Å². The summed E-state index contributed by atoms with van der Waals surface area (Å²) in [6, 6.07) is 9.04. The van der Waals surface area contributed by atoms with Gasteiger partial charge in [0.15, 0.2) is 5.96 Å². The van der Waals surface area contributed by atoms with Crippen LogP contribution in [0, 0.1) is 6.92 Å². The van der Waals surface area contributed by atoms with Gasteiger partial charge in [0, 0.05) is 37.8 Å². The number of guanidine groups is 1. The van der Waals surface area contributed by atoms with Gasteiger partial charge in [0.1, 0.15) is 11.6 Å². The Bertz CT molecular complexity index is 848. The third-order valence-corrected chi connectivity index (χ3v) is 5.19. The van der Waals surface area contributed by atoms with E-state index in [1.807, 2.05) is 11.6 Å². The Morgan fingerprint density at radius 3 is 2.69 bits per heavy atom. The number of nitrogens with one attached hydrogen (secondary N) is 2. The van der Waals surface area contributed by atoms with Gasteiger partial charge in [-0.1, -0.05) is 24.3 Å². The molecule has 1 aromatic heterocycles. The number of nitrogens with zero attached hydrogens (tertiary/aromatic N) is 5. The van der Waals surface area contributed by atoms with Crippen LogP contribution in [-0.4, -0.2) is 46.4 Å². The van der Waals surface area contributed by atoms with E-state index in [0.717, 1.165) is 56.6 Å². The molecule has 0 bridgehead atoms. The number of aromatic nitrogens is 3. The highest BCUT2D eigenvalue weighted by Gasteiger charge is 2.21. The van der Waals surface area contributed by atoms with E-state index in [2.05, 4.69) is 69.0 Å². The third-order valence-electron chi connectivity index (χ3n) is 5.19. The van der Waals surface area contributed by atoms with Gasteiger partial charge in [-0.15, -0.1) is 24.0 Å². The van der Waals surface area contributed by atoms with Gasteiger partial charge in [-0.2, -0.15) is 5.10 Å². The van der Waals surface area contributed by atoms with Crippen molar-refractivity contribution < 1.29 is 0 Å². The van der Waals surface area contributed by atoms with Gasteiger partial charge in [-0.05, 0) is 38.0 Å². The second-order valence-corrected chi connectivity index (χ2v) is 7.38. The molecule has 1 atom stereocenters. The minimum absolute atomic E-state index is 0. The molecule has 2 aromatic rings. The lowest BCUT2D eigenvalue weighted by molar-refractivity contribution is 0.392. The van der Waals surface area contributed by atoms with Crippen molar-refractivity contribution >= 4 is 35.6 Å². The normalized spacial score (nSPS) is 18.3. The summed E-state index contributed by atoms with van der Waals surface area (Å²) in [5.74, 6) is 2.80. The topological polar surface area (TPSA) is 70.4 Å². The molecule has 0 saturated carbocycles. The van der Waals surface area contributed by atoms with Crippen LogP contribution in [0.1, 0.15) is 30.6 Å². The molecule has 0 aliphatic carbocycles. The lowest BCUT2D eigenvalue weighted by atomic mass is 10.1. The molecule has 0 spiro atoms. The van der Waals surface area contributed by atoms with Gasteiger partial charge in [0.05, 0.1) is 13.1 Å². The standard InChI is InChI=1S/C21H29N7.HI/c1-3-22-21(25-18-8-11-20-24-16(2)26-28(20)15-18)23-14-17-6-9-19(10-7-17)27-12-4-5-13-27;/h4-7,9-10,18H,3,8,11-15H2,1-2H3,(H2,22,23,25);1H. The summed E-state index contributed by atoms with van der Waals surface area (Å²) in [4.78, 5) is 11.6. The van der Waals surface area contributed by atoms with Crippen molar-refractivity contribution in [2.45, 2.75) is 45.8 Å². The van der Waals surface area contributed by atoms with Crippen LogP contribution in [0.5, 0.6) is 0 Å². The molecule has 156 valence electrons. The van der Waals surface area contributed by atoms with Crippen molar-refractivity contribution in [2.24, 2.45) is 4.99 Å². The van der Waals surface area contributed by atoms with Gasteiger partial charge in [-0.3, -0.25) is 0 Å². The summed E-state index contributed by atoms with van der Waals surface area (Å²) in [5, 5.41) is 11.4. The molecule has 2 aliphatic rings. The van der Waals surface area contributed by atoms with Crippen molar-refractivity contribution in [3.63, 3.8) is 0 Å². The maximum atomic E-state index is 4.79. The monoisotopic (exact) mass is 507 g/mol. The van der Waals surface area contributed by atoms with Crippen molar-refractivity contribution in [3.8, 4) is 0 Å². The summed E-state index contributed by atoms with van der Waals surface area (Å²) in [7, 11) is 0. The lowest BCUT2D eigenvalue weighted by Crippen LogP contribution is -2.47. The van der Waals surface area contributed by atoms with Gasteiger partial charge in [0.25, 0.3) is 0 Å². The van der Waals surface area contributed by atoms with E-state index >= 15 is 0 Å². The number of hydrogen-bond donors (Lipinski definition) is 2. The molecule has 0 fully saturated rings. The van der Waals surface area contributed by atoms with Gasteiger partial charge < -0.3 is 15.5 Å². The average Bonchev–Trinajstić information content (AvgIpc) is 3.35. The molecule has 1 unspecified atom stereocenters. The Balaban J connectivity index is 0.00000240. The van der Waals surface area contributed by atoms with Crippen LogP contribution < -0.4 is 15.5 Å². The lowest BCUT2D eigenvalue weighted by Gasteiger charge is -2.25. The predicted molar refractivity (Wildman–Crippen MR) is 128 cm³/mol. The highest BCUT2D eigenvalue weighted by atomic mass is 127. The second-order valence-electron chi connectivity index (χ2n) is 7.38. The van der Waals surface area contributed by atoms with E-state index in [4.69, 9.17) is 4.99 Å². The summed E-state index contributed by atoms with van der Waals surface area (Å²) in [5.41, 5.74) is 2.48. The third kappa shape index (κ3) is 5.49. The van der Waals surface area contributed by atoms with Crippen LogP contribution in [0.4, 0.5) is 5.69 Å². The first-order valence-electron chi connectivity index (χ1n) is 10.2. The highest BCUT2D eigenvalue weighted by Crippen LogP contribution is 2.18. The molecule has 0 saturated heterocycles. The first kappa shape index (κ1) is 21.6. The first-order valence-corrected chi connectivity index (χ1v) is 10.2. The van der Waals surface area contributed by atoms with E-state index in [0.29, 0.717) is 12.6 Å². The number of rotatable bonds is 5. The Labute approximate surface area is 189 Å². The number of aliphatic imine (C=N–C) groups is 1. The molecule has 1 aromatic carbocycles. The molecule has 29 heavy (non-hydrogen) atoms. The smallest absolute Gasteiger partial charge is 0.191 e. The number of fused-ring (bicyclic) bond motifs is 1. The fourth-order valence-electron chi connectivity index (χ4n) is 3.74. The molecule has 4 rings (SSSR count). The molecule has 0 radical (unpaired) electrons. The molecular weight excluding hydrogens is 477 g/mol. The number of benzene rings is 1. The molecular formula is C21H30IN7. The van der Waals surface area contributed by atoms with E-state index in [1.165, 1.54) is 11.3 Å². The number of hydrogen-bond acceptors (Lipinski definition) is 4. The minimum Gasteiger partial charge on any atom is -0.364 e. The van der Waals surface area contributed by atoms with Gasteiger partial charge in [-0.25, -0.2) is 14.7 Å². The highest BCUT2D eigenvalue weighted by molar-refractivity contribution is 14.0. The molecule has 0 amide bonds. The van der Waals surface area contributed by atoms with E-state index < -0.39 is 0 Å². The summed E-state index contributed by atoms with van der Waals surface area (Å²) < 4.78 is 2.02. The van der Waals surface area contributed by atoms with E-state index in [1.54, 1.807) is 0 Å². The van der Waals surface area contributed by atoms with Crippen LogP contribution in [0.2, 0.25) is 0 Å². The molecule has 2 N–H and O–H groups in total. The zero-order valence-corrected chi connectivity index (χ0v) is 19.5. The number of aryl methyl sites for hydroxylation is 2. The van der Waals surface area contributed by atoms with Gasteiger partial charge in [0.2, 0.25) is 0 Å². The van der Waals surface area contributed by atoms with E-state index in [-0.39, 0.29) is 24.0 Å². The Morgan fingerprint density at radius 1 is 1.21 bits per heavy atom. The predicted octanol–water partition coefficient (Wildman–Crippen LogP) is 2.65. The van der Waals surface area contributed by atoms with Crippen molar-refractivity contribution in [3.05, 3.63) is 53.6 Å². The summed E-state index contributed by atoms with van der Waals surface area (Å²) >= 11 is 0. The van der Waals surface area contributed by atoms with Crippen LogP contribution in [-0.2, 0) is 19.5 Å². The van der Waals surface area contributed by atoms with E-state index in [9.17, 15) is 0 Å². The molecule has 2 aliphatic heterocycles. The first-order chi connectivity index (χ1) is 13.7. The fraction of sp³-hybridized carbons (Fsp3) is 0.476. The maximum absolute atomic E-state index is 4.79. The Kier molecular flexibility index (Phi) is 7.51. The SMILES string of the molecule is CCNC(=NCc1ccc(N2CC=CC2)cc1)NC1CCc2nc(C)nn2C1.I. The average molecular weight is 507 g/mol. The van der Waals surface area contributed by atoms with Crippen molar-refractivity contribution in [1.82, 2.24) is 25.4 Å². The zero-order valence-electron chi connectivity index (χ0n) is 17.1. The number of anilines is 1. The quantitative estimate of drug-likeness (QED) is 0.282. The van der Waals surface area contributed by atoms with Crippen molar-refractivity contribution in [1.29, 1.82) is 0 Å². The summed E-state index contributed by atoms with van der Waals surface area (Å²) in [6.07, 6.45) is 6.41. The maximum Gasteiger partial charge on any atom is 0.191 e. The van der Waals surface area contributed by atoms with Crippen LogP contribution in [0.3, 0.4) is 0 Å². The Morgan fingerprint density at radius 2 is 1.97 bits per heavy atom. The second kappa shape index (κ2) is 10.1. The summed E-state index contributed by atoms with van der Waals surface area (Å²) in [6.45, 7) is 8.38. The Hall–Kier alpha value is -2.10. The molecule has 3 heterocycles.